The second kappa shape index (κ2) is 6.79. The van der Waals surface area contributed by atoms with Crippen molar-refractivity contribution in [1.29, 1.82) is 0 Å². The van der Waals surface area contributed by atoms with Crippen LogP contribution in [0.5, 0.6) is 0 Å². The molecule has 7 heteroatoms. The number of guanidine groups is 1. The fraction of sp³-hybridized carbons (Fsp3) is 0.400. The molecule has 0 unspecified atom stereocenters. The summed E-state index contributed by atoms with van der Waals surface area (Å²) in [5.74, 6) is 1.82. The fourth-order valence-corrected chi connectivity index (χ4v) is 2.05. The molecule has 3 rings (SSSR count). The monoisotopic (exact) mass is 319 g/mol. The summed E-state index contributed by atoms with van der Waals surface area (Å²) in [4.78, 5) is 8.82. The van der Waals surface area contributed by atoms with Gasteiger partial charge in [-0.15, -0.1) is 0 Å². The Labute approximate surface area is 134 Å². The van der Waals surface area contributed by atoms with E-state index in [-0.39, 0.29) is 0 Å². The van der Waals surface area contributed by atoms with E-state index in [0.29, 0.717) is 29.3 Å². The number of nitrogens with zero attached hydrogens (tertiary/aromatic N) is 3. The summed E-state index contributed by atoms with van der Waals surface area (Å²) in [5, 5.41) is 11.2. The number of aliphatic imine (C=N–C) groups is 1. The summed E-state index contributed by atoms with van der Waals surface area (Å²) in [6.07, 6.45) is 2.40. The Kier molecular flexibility index (Phi) is 4.58. The summed E-state index contributed by atoms with van der Waals surface area (Å²) < 4.78 is 5.24. The molecule has 0 aliphatic heterocycles. The van der Waals surface area contributed by atoms with Crippen molar-refractivity contribution in [3.05, 3.63) is 35.2 Å². The molecule has 0 spiro atoms. The Hall–Kier alpha value is -2.08. The molecule has 1 fully saturated rings. The fourth-order valence-electron chi connectivity index (χ4n) is 1.92. The summed E-state index contributed by atoms with van der Waals surface area (Å²) >= 11 is 5.87. The summed E-state index contributed by atoms with van der Waals surface area (Å²) in [5.41, 5.74) is 0.867. The van der Waals surface area contributed by atoms with E-state index >= 15 is 0 Å². The number of benzene rings is 1. The maximum absolute atomic E-state index is 5.87. The van der Waals surface area contributed by atoms with E-state index in [0.717, 1.165) is 18.1 Å². The highest BCUT2D eigenvalue weighted by Crippen LogP contribution is 2.19. The Morgan fingerprint density at radius 3 is 2.82 bits per heavy atom. The highest BCUT2D eigenvalue weighted by Gasteiger charge is 2.22. The van der Waals surface area contributed by atoms with Crippen LogP contribution in [0, 0.1) is 0 Å². The Bertz CT molecular complexity index is 648. The van der Waals surface area contributed by atoms with Crippen molar-refractivity contribution in [3.8, 4) is 11.4 Å². The van der Waals surface area contributed by atoms with Gasteiger partial charge < -0.3 is 15.2 Å². The van der Waals surface area contributed by atoms with Crippen LogP contribution >= 0.6 is 11.6 Å². The van der Waals surface area contributed by atoms with Crippen LogP contribution in [0.15, 0.2) is 33.8 Å². The number of rotatable bonds is 5. The van der Waals surface area contributed by atoms with E-state index in [2.05, 4.69) is 25.8 Å². The van der Waals surface area contributed by atoms with Gasteiger partial charge in [-0.2, -0.15) is 4.98 Å². The lowest BCUT2D eigenvalue weighted by Crippen LogP contribution is -2.38. The molecule has 1 aromatic carbocycles. The number of nitrogens with one attached hydrogen (secondary N) is 2. The van der Waals surface area contributed by atoms with Crippen molar-refractivity contribution < 1.29 is 4.52 Å². The molecule has 116 valence electrons. The summed E-state index contributed by atoms with van der Waals surface area (Å²) in [6.45, 7) is 3.20. The van der Waals surface area contributed by atoms with Gasteiger partial charge in [0.1, 0.15) is 6.54 Å². The molecular formula is C15H18ClN5O. The Morgan fingerprint density at radius 1 is 1.36 bits per heavy atom. The molecule has 2 N–H and O–H groups in total. The molecule has 22 heavy (non-hydrogen) atoms. The third kappa shape index (κ3) is 3.98. The normalized spacial score (nSPS) is 14.9. The van der Waals surface area contributed by atoms with Gasteiger partial charge >= 0.3 is 0 Å². The summed E-state index contributed by atoms with van der Waals surface area (Å²) in [6, 6.07) is 7.87. The molecule has 0 bridgehead atoms. The van der Waals surface area contributed by atoms with Gasteiger partial charge in [-0.3, -0.25) is 0 Å². The first-order valence-electron chi connectivity index (χ1n) is 7.38. The van der Waals surface area contributed by atoms with Crippen molar-refractivity contribution in [1.82, 2.24) is 20.8 Å². The van der Waals surface area contributed by atoms with Gasteiger partial charge in [0.2, 0.25) is 11.7 Å². The molecule has 6 nitrogen and oxygen atoms in total. The third-order valence-corrected chi connectivity index (χ3v) is 3.46. The molecule has 1 saturated carbocycles. The van der Waals surface area contributed by atoms with Gasteiger partial charge in [-0.05, 0) is 44.0 Å². The maximum atomic E-state index is 5.87. The lowest BCUT2D eigenvalue weighted by atomic mass is 10.2. The molecule has 2 aromatic rings. The average molecular weight is 320 g/mol. The van der Waals surface area contributed by atoms with Crippen molar-refractivity contribution >= 4 is 17.6 Å². The second-order valence-corrected chi connectivity index (χ2v) is 5.57. The SMILES string of the molecule is CCNC(=NCc1nc(-c2ccc(Cl)cc2)no1)NC1CC1. The third-order valence-electron chi connectivity index (χ3n) is 3.21. The molecule has 0 amide bonds. The van der Waals surface area contributed by atoms with E-state index in [1.807, 2.05) is 19.1 Å². The van der Waals surface area contributed by atoms with Crippen LogP contribution in [0.4, 0.5) is 0 Å². The van der Waals surface area contributed by atoms with Crippen LogP contribution in [-0.2, 0) is 6.54 Å². The zero-order chi connectivity index (χ0) is 15.4. The summed E-state index contributed by atoms with van der Waals surface area (Å²) in [7, 11) is 0. The van der Waals surface area contributed by atoms with E-state index in [4.69, 9.17) is 16.1 Å². The minimum absolute atomic E-state index is 0.350. The zero-order valence-corrected chi connectivity index (χ0v) is 13.1. The van der Waals surface area contributed by atoms with Gasteiger partial charge in [0.05, 0.1) is 0 Å². The van der Waals surface area contributed by atoms with Crippen LogP contribution in [0.1, 0.15) is 25.7 Å². The largest absolute Gasteiger partial charge is 0.357 e. The quantitative estimate of drug-likeness (QED) is 0.654. The van der Waals surface area contributed by atoms with E-state index in [1.54, 1.807) is 12.1 Å². The van der Waals surface area contributed by atoms with E-state index in [9.17, 15) is 0 Å². The van der Waals surface area contributed by atoms with Crippen LogP contribution in [-0.4, -0.2) is 28.7 Å². The molecule has 0 radical (unpaired) electrons. The highest BCUT2D eigenvalue weighted by atomic mass is 35.5. The maximum Gasteiger partial charge on any atom is 0.248 e. The van der Waals surface area contributed by atoms with Gasteiger partial charge in [-0.1, -0.05) is 16.8 Å². The molecule has 1 aliphatic carbocycles. The number of aromatic nitrogens is 2. The smallest absolute Gasteiger partial charge is 0.248 e. The second-order valence-electron chi connectivity index (χ2n) is 5.13. The zero-order valence-electron chi connectivity index (χ0n) is 12.3. The number of hydrogen-bond donors (Lipinski definition) is 2. The highest BCUT2D eigenvalue weighted by molar-refractivity contribution is 6.30. The lowest BCUT2D eigenvalue weighted by Gasteiger charge is -2.08. The first-order chi connectivity index (χ1) is 10.7. The molecule has 1 heterocycles. The van der Waals surface area contributed by atoms with Crippen molar-refractivity contribution in [2.45, 2.75) is 32.4 Å². The van der Waals surface area contributed by atoms with Gasteiger partial charge in [-0.25, -0.2) is 4.99 Å². The topological polar surface area (TPSA) is 75.3 Å². The molecule has 1 aromatic heterocycles. The van der Waals surface area contributed by atoms with E-state index in [1.165, 1.54) is 12.8 Å². The van der Waals surface area contributed by atoms with Crippen LogP contribution < -0.4 is 10.6 Å². The van der Waals surface area contributed by atoms with Crippen LogP contribution in [0.2, 0.25) is 5.02 Å². The molecular weight excluding hydrogens is 302 g/mol. The van der Waals surface area contributed by atoms with Crippen LogP contribution in [0.3, 0.4) is 0 Å². The Morgan fingerprint density at radius 2 is 2.14 bits per heavy atom. The number of hydrogen-bond acceptors (Lipinski definition) is 4. The minimum Gasteiger partial charge on any atom is -0.357 e. The standard InChI is InChI=1S/C15H18ClN5O/c1-2-17-15(19-12-7-8-12)18-9-13-20-14(21-22-13)10-3-5-11(16)6-4-10/h3-6,12H,2,7-9H2,1H3,(H2,17,18,19). The van der Waals surface area contributed by atoms with Gasteiger partial charge in [0, 0.05) is 23.2 Å². The van der Waals surface area contributed by atoms with E-state index < -0.39 is 0 Å². The van der Waals surface area contributed by atoms with Crippen LogP contribution in [0.25, 0.3) is 11.4 Å². The average Bonchev–Trinajstić information content (AvgIpc) is 3.21. The van der Waals surface area contributed by atoms with Crippen molar-refractivity contribution in [2.24, 2.45) is 4.99 Å². The molecule has 1 aliphatic rings. The molecule has 0 saturated heterocycles. The first kappa shape index (κ1) is 14.8. The lowest BCUT2D eigenvalue weighted by molar-refractivity contribution is 0.380. The predicted octanol–water partition coefficient (Wildman–Crippen LogP) is 2.61. The first-order valence-corrected chi connectivity index (χ1v) is 7.76. The Balaban J connectivity index is 1.66. The van der Waals surface area contributed by atoms with Crippen molar-refractivity contribution in [3.63, 3.8) is 0 Å². The predicted molar refractivity (Wildman–Crippen MR) is 85.7 cm³/mol. The number of halogens is 1. The minimum atomic E-state index is 0.350. The molecule has 0 atom stereocenters. The van der Waals surface area contributed by atoms with Crippen molar-refractivity contribution in [2.75, 3.05) is 6.54 Å². The van der Waals surface area contributed by atoms with Gasteiger partial charge in [0.15, 0.2) is 5.96 Å². The van der Waals surface area contributed by atoms with Gasteiger partial charge in [0.25, 0.3) is 0 Å².